The highest BCUT2D eigenvalue weighted by Crippen LogP contribution is 2.26. The molecule has 2 aromatic carbocycles. The summed E-state index contributed by atoms with van der Waals surface area (Å²) in [6, 6.07) is 9.30. The number of hydrogen-bond acceptors (Lipinski definition) is 2. The van der Waals surface area contributed by atoms with Crippen LogP contribution in [0.5, 0.6) is 5.75 Å². The summed E-state index contributed by atoms with van der Waals surface area (Å²) in [4.78, 5) is 10.9. The van der Waals surface area contributed by atoms with Crippen molar-refractivity contribution in [3.05, 3.63) is 62.8 Å². The van der Waals surface area contributed by atoms with Gasteiger partial charge in [-0.15, -0.1) is 0 Å². The predicted octanol–water partition coefficient (Wildman–Crippen LogP) is 4.63. The molecule has 19 heavy (non-hydrogen) atoms. The van der Waals surface area contributed by atoms with Gasteiger partial charge in [-0.3, -0.25) is 4.79 Å². The molecule has 0 saturated heterocycles. The molecule has 0 spiro atoms. The fraction of sp³-hybridized carbons (Fsp3) is 0.0714. The molecule has 0 aliphatic rings. The lowest BCUT2D eigenvalue weighted by Crippen LogP contribution is -1.99. The Kier molecular flexibility index (Phi) is 4.56. The number of benzene rings is 2. The van der Waals surface area contributed by atoms with E-state index in [0.29, 0.717) is 27.1 Å². The minimum Gasteiger partial charge on any atom is -0.488 e. The fourth-order valence-electron chi connectivity index (χ4n) is 1.55. The van der Waals surface area contributed by atoms with Crippen molar-refractivity contribution in [2.24, 2.45) is 0 Å². The molecule has 0 N–H and O–H groups in total. The van der Waals surface area contributed by atoms with Gasteiger partial charge in [0.15, 0.2) is 6.29 Å². The highest BCUT2D eigenvalue weighted by atomic mass is 79.9. The largest absolute Gasteiger partial charge is 0.488 e. The second-order valence-electron chi connectivity index (χ2n) is 3.79. The third-order valence-corrected chi connectivity index (χ3v) is 3.60. The summed E-state index contributed by atoms with van der Waals surface area (Å²) in [5.41, 5.74) is 1.08. The first-order chi connectivity index (χ1) is 9.11. The molecule has 2 aromatic rings. The van der Waals surface area contributed by atoms with E-state index in [9.17, 15) is 9.18 Å². The van der Waals surface area contributed by atoms with Crippen molar-refractivity contribution in [3.63, 3.8) is 0 Å². The monoisotopic (exact) mass is 342 g/mol. The maximum atomic E-state index is 12.9. The van der Waals surface area contributed by atoms with Crippen molar-refractivity contribution < 1.29 is 13.9 Å². The average Bonchev–Trinajstić information content (AvgIpc) is 2.38. The Bertz CT molecular complexity index is 616. The van der Waals surface area contributed by atoms with Crippen molar-refractivity contribution in [2.45, 2.75) is 6.61 Å². The Morgan fingerprint density at radius 1 is 1.32 bits per heavy atom. The van der Waals surface area contributed by atoms with Crippen LogP contribution in [-0.2, 0) is 6.61 Å². The van der Waals surface area contributed by atoms with Gasteiger partial charge in [0.25, 0.3) is 0 Å². The lowest BCUT2D eigenvalue weighted by atomic mass is 10.2. The van der Waals surface area contributed by atoms with E-state index < -0.39 is 0 Å². The summed E-state index contributed by atoms with van der Waals surface area (Å²) >= 11 is 9.15. The van der Waals surface area contributed by atoms with Crippen molar-refractivity contribution in [1.82, 2.24) is 0 Å². The van der Waals surface area contributed by atoms with Gasteiger partial charge in [-0.25, -0.2) is 4.39 Å². The van der Waals surface area contributed by atoms with Gasteiger partial charge in [0.2, 0.25) is 0 Å². The molecule has 98 valence electrons. The van der Waals surface area contributed by atoms with Crippen molar-refractivity contribution in [3.8, 4) is 5.75 Å². The maximum absolute atomic E-state index is 12.9. The summed E-state index contributed by atoms with van der Waals surface area (Å²) in [6.45, 7) is 0.210. The van der Waals surface area contributed by atoms with E-state index in [0.717, 1.165) is 5.56 Å². The first-order valence-corrected chi connectivity index (χ1v) is 6.59. The van der Waals surface area contributed by atoms with Crippen LogP contribution in [-0.4, -0.2) is 6.29 Å². The Balaban J connectivity index is 2.19. The van der Waals surface area contributed by atoms with E-state index in [1.807, 2.05) is 0 Å². The first kappa shape index (κ1) is 14.0. The van der Waals surface area contributed by atoms with Crippen molar-refractivity contribution in [1.29, 1.82) is 0 Å². The second kappa shape index (κ2) is 6.17. The van der Waals surface area contributed by atoms with Gasteiger partial charge in [0.05, 0.1) is 10.6 Å². The molecule has 0 atom stereocenters. The average molecular weight is 344 g/mol. The number of carbonyl (C=O) groups excluding carboxylic acids is 1. The van der Waals surface area contributed by atoms with Crippen LogP contribution in [0.25, 0.3) is 0 Å². The van der Waals surface area contributed by atoms with Crippen LogP contribution in [0.3, 0.4) is 0 Å². The van der Waals surface area contributed by atoms with Crippen LogP contribution >= 0.6 is 27.5 Å². The highest BCUT2D eigenvalue weighted by molar-refractivity contribution is 9.10. The Hall–Kier alpha value is -1.39. The van der Waals surface area contributed by atoms with Gasteiger partial charge in [0.1, 0.15) is 18.2 Å². The maximum Gasteiger partial charge on any atom is 0.155 e. The molecule has 0 aliphatic carbocycles. The summed E-state index contributed by atoms with van der Waals surface area (Å²) in [6.07, 6.45) is 0.650. The van der Waals surface area contributed by atoms with Gasteiger partial charge in [-0.2, -0.15) is 0 Å². The molecule has 0 fully saturated rings. The summed E-state index contributed by atoms with van der Waals surface area (Å²) in [7, 11) is 0. The van der Waals surface area contributed by atoms with Crippen LogP contribution in [0.2, 0.25) is 5.02 Å². The van der Waals surface area contributed by atoms with E-state index >= 15 is 0 Å². The van der Waals surface area contributed by atoms with Crippen LogP contribution < -0.4 is 4.74 Å². The van der Waals surface area contributed by atoms with Crippen molar-refractivity contribution in [2.75, 3.05) is 0 Å². The number of aldehydes is 1. The number of carbonyl (C=O) groups is 1. The molecule has 2 rings (SSSR count). The van der Waals surface area contributed by atoms with E-state index in [4.69, 9.17) is 16.3 Å². The standard InChI is InChI=1S/C14H9BrClFO2/c15-12-6-10(17)5-4-9(12)8-19-14-3-1-2-13(16)11(14)7-18/h1-7H,8H2. The normalized spacial score (nSPS) is 10.3. The topological polar surface area (TPSA) is 26.3 Å². The predicted molar refractivity (Wildman–Crippen MR) is 75.3 cm³/mol. The summed E-state index contributed by atoms with van der Waals surface area (Å²) in [5.74, 6) is 0.0747. The number of ether oxygens (including phenoxy) is 1. The third kappa shape index (κ3) is 3.33. The molecule has 2 nitrogen and oxygen atoms in total. The summed E-state index contributed by atoms with van der Waals surface area (Å²) < 4.78 is 19.1. The quantitative estimate of drug-likeness (QED) is 0.756. The molecule has 0 bridgehead atoms. The van der Waals surface area contributed by atoms with Gasteiger partial charge in [-0.1, -0.05) is 39.7 Å². The number of hydrogen-bond donors (Lipinski definition) is 0. The SMILES string of the molecule is O=Cc1c(Cl)cccc1OCc1ccc(F)cc1Br. The third-order valence-electron chi connectivity index (χ3n) is 2.53. The Morgan fingerprint density at radius 3 is 2.79 bits per heavy atom. The van der Waals surface area contributed by atoms with Gasteiger partial charge in [-0.05, 0) is 24.3 Å². The first-order valence-electron chi connectivity index (χ1n) is 5.42. The minimum absolute atomic E-state index is 0.210. The smallest absolute Gasteiger partial charge is 0.155 e. The van der Waals surface area contributed by atoms with Gasteiger partial charge < -0.3 is 4.74 Å². The fourth-order valence-corrected chi connectivity index (χ4v) is 2.23. The molecule has 0 heterocycles. The molecule has 0 saturated carbocycles. The molecule has 5 heteroatoms. The van der Waals surface area contributed by atoms with Gasteiger partial charge in [0, 0.05) is 10.0 Å². The van der Waals surface area contributed by atoms with E-state index in [-0.39, 0.29) is 12.4 Å². The highest BCUT2D eigenvalue weighted by Gasteiger charge is 2.08. The van der Waals surface area contributed by atoms with Gasteiger partial charge >= 0.3 is 0 Å². The molecule has 0 radical (unpaired) electrons. The van der Waals surface area contributed by atoms with Crippen LogP contribution in [0, 0.1) is 5.82 Å². The molecule has 0 aromatic heterocycles. The number of halogens is 3. The Labute approximate surface area is 123 Å². The molecular weight excluding hydrogens is 335 g/mol. The van der Waals surface area contributed by atoms with Crippen molar-refractivity contribution >= 4 is 33.8 Å². The number of rotatable bonds is 4. The minimum atomic E-state index is -0.327. The van der Waals surface area contributed by atoms with Crippen LogP contribution in [0.4, 0.5) is 4.39 Å². The lowest BCUT2D eigenvalue weighted by molar-refractivity contribution is 0.111. The molecule has 0 aliphatic heterocycles. The second-order valence-corrected chi connectivity index (χ2v) is 5.06. The van der Waals surface area contributed by atoms with Crippen LogP contribution in [0.15, 0.2) is 40.9 Å². The zero-order valence-corrected chi connectivity index (χ0v) is 12.0. The molecular formula is C14H9BrClFO2. The van der Waals surface area contributed by atoms with E-state index in [2.05, 4.69) is 15.9 Å². The lowest BCUT2D eigenvalue weighted by Gasteiger charge is -2.10. The Morgan fingerprint density at radius 2 is 2.11 bits per heavy atom. The molecule has 0 amide bonds. The zero-order valence-electron chi connectivity index (χ0n) is 9.70. The zero-order chi connectivity index (χ0) is 13.8. The van der Waals surface area contributed by atoms with E-state index in [1.54, 1.807) is 24.3 Å². The molecule has 0 unspecified atom stereocenters. The van der Waals surface area contributed by atoms with Crippen LogP contribution in [0.1, 0.15) is 15.9 Å². The summed E-state index contributed by atoms with van der Waals surface area (Å²) in [5, 5.41) is 0.339. The van der Waals surface area contributed by atoms with E-state index in [1.165, 1.54) is 12.1 Å².